The molecule has 0 aromatic rings. The average Bonchev–Trinajstić information content (AvgIpc) is 2.82. The van der Waals surface area contributed by atoms with E-state index in [1.165, 1.54) is 0 Å². The molecule has 2 unspecified atom stereocenters. The first kappa shape index (κ1) is 26.2. The number of phosphoric acid groups is 3. The van der Waals surface area contributed by atoms with Crippen LogP contribution in [0.4, 0.5) is 8.78 Å². The van der Waals surface area contributed by atoms with Gasteiger partial charge in [-0.15, -0.1) is 0 Å². The molecule has 0 aromatic heterocycles. The summed E-state index contributed by atoms with van der Waals surface area (Å²) in [6, 6.07) is 0. The lowest BCUT2D eigenvalue weighted by atomic mass is 9.98. The zero-order valence-electron chi connectivity index (χ0n) is 15.1. The van der Waals surface area contributed by atoms with Gasteiger partial charge in [-0.2, -0.15) is 8.62 Å². The van der Waals surface area contributed by atoms with Crippen molar-refractivity contribution in [3.8, 4) is 0 Å². The molecule has 2 aliphatic rings. The van der Waals surface area contributed by atoms with Gasteiger partial charge in [0.2, 0.25) is 0 Å². The Labute approximate surface area is 172 Å². The molecule has 2 rings (SSSR count). The van der Waals surface area contributed by atoms with Crippen molar-refractivity contribution in [2.75, 3.05) is 13.3 Å². The minimum absolute atomic E-state index is 0.199. The van der Waals surface area contributed by atoms with Gasteiger partial charge in [0.05, 0.1) is 6.61 Å². The van der Waals surface area contributed by atoms with Gasteiger partial charge in [0.25, 0.3) is 5.91 Å². The second-order valence-corrected chi connectivity index (χ2v) is 10.5. The highest BCUT2D eigenvalue weighted by molar-refractivity contribution is 7.66. The molecule has 0 radical (unpaired) electrons. The summed E-state index contributed by atoms with van der Waals surface area (Å²) in [6.45, 7) is 0.301. The molecule has 0 bridgehead atoms. The quantitative estimate of drug-likeness (QED) is 0.213. The number of carbonyl (C=O) groups is 1. The Bertz CT molecular complexity index is 911. The minimum Gasteiger partial charge on any atom is -0.387 e. The Hall–Kier alpha value is -1.06. The second kappa shape index (κ2) is 9.06. The summed E-state index contributed by atoms with van der Waals surface area (Å²) >= 11 is 0. The first-order valence-electron chi connectivity index (χ1n) is 7.81. The second-order valence-electron chi connectivity index (χ2n) is 6.12. The number of alkyl halides is 2. The predicted molar refractivity (Wildman–Crippen MR) is 92.6 cm³/mol. The summed E-state index contributed by atoms with van der Waals surface area (Å²) in [5.41, 5.74) is -2.63. The van der Waals surface area contributed by atoms with Gasteiger partial charge in [0.1, 0.15) is 18.6 Å². The van der Waals surface area contributed by atoms with E-state index in [1.54, 1.807) is 0 Å². The number of aliphatic hydroxyl groups is 1. The molecule has 15 nitrogen and oxygen atoms in total. The van der Waals surface area contributed by atoms with Crippen LogP contribution in [0.5, 0.6) is 0 Å². The summed E-state index contributed by atoms with van der Waals surface area (Å²) in [7, 11) is -17.2. The summed E-state index contributed by atoms with van der Waals surface area (Å²) in [6.07, 6.45) is -4.50. The molecule has 31 heavy (non-hydrogen) atoms. The largest absolute Gasteiger partial charge is 0.490 e. The van der Waals surface area contributed by atoms with Gasteiger partial charge in [0, 0.05) is 12.3 Å². The standard InChI is InChI=1S/C11H17F2N2O13P3/c1-6-14-7(16)2-3-15(6)10-8(13)9(17)11(4-12,26-10)5-25-30(21,22)28-31(23,24)27-29(18,19)20/h2-3,8-10,17H,1,4-5H2,(H,14,16)(H,21,22)(H,23,24)(H2,18,19,20)/t8-,9+,10-,11-/m1/s1. The predicted octanol–water partition coefficient (Wildman–Crippen LogP) is -0.490. The van der Waals surface area contributed by atoms with Crippen molar-refractivity contribution in [3.05, 3.63) is 24.7 Å². The molecular formula is C11H17F2N2O13P3. The molecule has 0 aliphatic carbocycles. The number of phosphoric ester groups is 1. The van der Waals surface area contributed by atoms with Gasteiger partial charge in [-0.25, -0.2) is 22.5 Å². The number of amides is 1. The van der Waals surface area contributed by atoms with E-state index in [-0.39, 0.29) is 5.82 Å². The summed E-state index contributed by atoms with van der Waals surface area (Å²) in [5.74, 6) is -0.811. The smallest absolute Gasteiger partial charge is 0.387 e. The fourth-order valence-corrected chi connectivity index (χ4v) is 5.60. The van der Waals surface area contributed by atoms with Gasteiger partial charge in [-0.1, -0.05) is 6.58 Å². The third-order valence-electron chi connectivity index (χ3n) is 3.82. The molecule has 0 spiro atoms. The highest BCUT2D eigenvalue weighted by atomic mass is 31.3. The molecule has 0 saturated carbocycles. The number of hydrogen-bond donors (Lipinski definition) is 6. The van der Waals surface area contributed by atoms with Gasteiger partial charge in [0.15, 0.2) is 18.0 Å². The number of carbonyl (C=O) groups excluding carboxylic acids is 1. The normalized spacial score (nSPS) is 33.1. The molecule has 6 atom stereocenters. The first-order valence-corrected chi connectivity index (χ1v) is 12.3. The maximum atomic E-state index is 14.6. The van der Waals surface area contributed by atoms with E-state index in [0.717, 1.165) is 17.2 Å². The van der Waals surface area contributed by atoms with Crippen LogP contribution in [0.2, 0.25) is 0 Å². The lowest BCUT2D eigenvalue weighted by Gasteiger charge is -2.33. The maximum absolute atomic E-state index is 14.6. The van der Waals surface area contributed by atoms with Crippen LogP contribution in [-0.2, 0) is 36.4 Å². The Morgan fingerprint density at radius 1 is 1.23 bits per heavy atom. The monoisotopic (exact) mass is 516 g/mol. The van der Waals surface area contributed by atoms with E-state index >= 15 is 0 Å². The molecular weight excluding hydrogens is 499 g/mol. The zero-order chi connectivity index (χ0) is 23.8. The number of rotatable bonds is 9. The number of ether oxygens (including phenoxy) is 1. The number of hydrogen-bond acceptors (Lipinski definition) is 10. The fourth-order valence-electron chi connectivity index (χ4n) is 2.52. The SMILES string of the molecule is C=C1NC(=O)C=CN1[C@@H]1O[C@](CF)(COP(=O)(O)OP(=O)(O)OP(=O)(O)O)[C@@H](O)[C@H]1F. The van der Waals surface area contributed by atoms with Crippen LogP contribution in [0, 0.1) is 0 Å². The Morgan fingerprint density at radius 2 is 1.84 bits per heavy atom. The Kier molecular flexibility index (Phi) is 7.65. The lowest BCUT2D eigenvalue weighted by molar-refractivity contribution is -0.143. The number of nitrogens with zero attached hydrogens (tertiary/aromatic N) is 1. The van der Waals surface area contributed by atoms with E-state index in [1.807, 2.05) is 0 Å². The van der Waals surface area contributed by atoms with Gasteiger partial charge >= 0.3 is 23.5 Å². The van der Waals surface area contributed by atoms with Crippen LogP contribution >= 0.6 is 23.5 Å². The molecule has 1 fully saturated rings. The minimum atomic E-state index is -5.84. The Balaban J connectivity index is 2.15. The third-order valence-corrected chi connectivity index (χ3v) is 7.61. The summed E-state index contributed by atoms with van der Waals surface area (Å²) in [5, 5.41) is 12.3. The van der Waals surface area contributed by atoms with Crippen LogP contribution in [0.25, 0.3) is 0 Å². The summed E-state index contributed by atoms with van der Waals surface area (Å²) < 4.78 is 78.4. The van der Waals surface area contributed by atoms with Crippen molar-refractivity contribution >= 4 is 29.4 Å². The van der Waals surface area contributed by atoms with E-state index in [9.17, 15) is 37.3 Å². The number of aliphatic hydroxyl groups excluding tert-OH is 1. The third kappa shape index (κ3) is 6.48. The maximum Gasteiger partial charge on any atom is 0.490 e. The average molecular weight is 516 g/mol. The van der Waals surface area contributed by atoms with E-state index in [0.29, 0.717) is 0 Å². The number of nitrogens with one attached hydrogen (secondary N) is 1. The highest BCUT2D eigenvalue weighted by Crippen LogP contribution is 2.66. The Morgan fingerprint density at radius 3 is 2.35 bits per heavy atom. The van der Waals surface area contributed by atoms with Gasteiger partial charge < -0.3 is 39.6 Å². The van der Waals surface area contributed by atoms with Crippen molar-refractivity contribution < 1.29 is 69.8 Å². The van der Waals surface area contributed by atoms with Crippen molar-refractivity contribution in [3.63, 3.8) is 0 Å². The number of halogens is 2. The molecule has 178 valence electrons. The topological polar surface area (TPSA) is 222 Å². The molecule has 1 saturated heterocycles. The van der Waals surface area contributed by atoms with Crippen molar-refractivity contribution in [1.82, 2.24) is 10.2 Å². The molecule has 1 amide bonds. The van der Waals surface area contributed by atoms with E-state index in [4.69, 9.17) is 19.4 Å². The van der Waals surface area contributed by atoms with Crippen molar-refractivity contribution in [2.24, 2.45) is 0 Å². The van der Waals surface area contributed by atoms with Crippen molar-refractivity contribution in [2.45, 2.75) is 24.1 Å². The molecule has 0 aromatic carbocycles. The van der Waals surface area contributed by atoms with Gasteiger partial charge in [-0.3, -0.25) is 9.32 Å². The zero-order valence-corrected chi connectivity index (χ0v) is 17.7. The van der Waals surface area contributed by atoms with Gasteiger partial charge in [-0.05, 0) is 0 Å². The van der Waals surface area contributed by atoms with Crippen LogP contribution in [0.1, 0.15) is 0 Å². The van der Waals surface area contributed by atoms with E-state index in [2.05, 4.69) is 25.0 Å². The van der Waals surface area contributed by atoms with Crippen LogP contribution < -0.4 is 5.32 Å². The lowest BCUT2D eigenvalue weighted by Crippen LogP contribution is -2.48. The highest BCUT2D eigenvalue weighted by Gasteiger charge is 2.58. The first-order chi connectivity index (χ1) is 14.0. The summed E-state index contributed by atoms with van der Waals surface area (Å²) in [4.78, 5) is 47.6. The van der Waals surface area contributed by atoms with Crippen LogP contribution in [0.3, 0.4) is 0 Å². The fraction of sp³-hybridized carbons (Fsp3) is 0.545. The molecule has 6 N–H and O–H groups in total. The van der Waals surface area contributed by atoms with E-state index < -0.39 is 66.8 Å². The molecule has 2 aliphatic heterocycles. The molecule has 20 heteroatoms. The van der Waals surface area contributed by atoms with Crippen molar-refractivity contribution in [1.29, 1.82) is 0 Å². The van der Waals surface area contributed by atoms with Crippen LogP contribution in [0.15, 0.2) is 24.7 Å². The van der Waals surface area contributed by atoms with Crippen LogP contribution in [-0.4, -0.2) is 72.9 Å². The molecule has 2 heterocycles.